The van der Waals surface area contributed by atoms with Crippen molar-refractivity contribution >= 4 is 23.1 Å². The molecule has 0 spiro atoms. The predicted octanol–water partition coefficient (Wildman–Crippen LogP) is 2.92. The number of aromatic nitrogens is 2. The second-order valence-electron chi connectivity index (χ2n) is 8.31. The first-order valence-corrected chi connectivity index (χ1v) is 11.3. The fourth-order valence-electron chi connectivity index (χ4n) is 4.28. The Labute approximate surface area is 197 Å². The molecule has 1 N–H and O–H groups in total. The average molecular weight is 463 g/mol. The van der Waals surface area contributed by atoms with Gasteiger partial charge in [-0.25, -0.2) is 4.98 Å². The van der Waals surface area contributed by atoms with Gasteiger partial charge in [0.15, 0.2) is 0 Å². The van der Waals surface area contributed by atoms with Gasteiger partial charge in [-0.3, -0.25) is 10.1 Å². The highest BCUT2D eigenvalue weighted by Gasteiger charge is 2.22. The van der Waals surface area contributed by atoms with Gasteiger partial charge in [-0.15, -0.1) is 0 Å². The number of hydrogen-bond acceptors (Lipinski definition) is 9. The van der Waals surface area contributed by atoms with Crippen LogP contribution in [0.25, 0.3) is 11.3 Å². The van der Waals surface area contributed by atoms with Crippen molar-refractivity contribution in [2.24, 2.45) is 0 Å². The van der Waals surface area contributed by atoms with E-state index in [1.807, 2.05) is 18.2 Å². The topological polar surface area (TPSA) is 108 Å². The van der Waals surface area contributed by atoms with Gasteiger partial charge >= 0.3 is 0 Å². The zero-order valence-electron chi connectivity index (χ0n) is 18.7. The summed E-state index contributed by atoms with van der Waals surface area (Å²) in [5, 5.41) is 20.9. The zero-order valence-corrected chi connectivity index (χ0v) is 18.7. The molecular weight excluding hydrogens is 436 g/mol. The summed E-state index contributed by atoms with van der Waals surface area (Å²) in [5.41, 5.74) is 2.67. The standard InChI is InChI=1S/C24H26N6O4/c31-21-3-1-2-18(16-21)22-17-23(26-24(25-22)29-12-14-34-15-13-29)28-10-8-27(9-11-28)19-4-6-20(7-5-19)30(32)33/h1-7,16-17,31H,8-15H2. The first kappa shape index (κ1) is 21.9. The lowest BCUT2D eigenvalue weighted by Crippen LogP contribution is -2.47. The molecule has 10 heteroatoms. The third-order valence-electron chi connectivity index (χ3n) is 6.17. The van der Waals surface area contributed by atoms with Gasteiger partial charge in [0, 0.05) is 68.7 Å². The molecule has 34 heavy (non-hydrogen) atoms. The van der Waals surface area contributed by atoms with Gasteiger partial charge < -0.3 is 24.5 Å². The van der Waals surface area contributed by atoms with Crippen molar-refractivity contribution in [1.29, 1.82) is 0 Å². The van der Waals surface area contributed by atoms with Crippen LogP contribution in [0.3, 0.4) is 0 Å². The molecule has 0 saturated carbocycles. The molecule has 0 bridgehead atoms. The number of rotatable bonds is 5. The maximum atomic E-state index is 10.9. The number of nitro groups is 1. The van der Waals surface area contributed by atoms with E-state index in [2.05, 4.69) is 14.7 Å². The minimum atomic E-state index is -0.382. The second kappa shape index (κ2) is 9.52. The minimum Gasteiger partial charge on any atom is -0.508 e. The second-order valence-corrected chi connectivity index (χ2v) is 8.31. The Morgan fingerprint density at radius 3 is 2.24 bits per heavy atom. The van der Waals surface area contributed by atoms with Gasteiger partial charge in [0.25, 0.3) is 5.69 Å². The highest BCUT2D eigenvalue weighted by molar-refractivity contribution is 5.67. The van der Waals surface area contributed by atoms with Gasteiger partial charge in [0.2, 0.25) is 5.95 Å². The molecule has 2 fully saturated rings. The number of hydrogen-bond donors (Lipinski definition) is 1. The van der Waals surface area contributed by atoms with Crippen LogP contribution in [0.1, 0.15) is 0 Å². The van der Waals surface area contributed by atoms with Gasteiger partial charge in [-0.1, -0.05) is 12.1 Å². The number of piperazine rings is 1. The predicted molar refractivity (Wildman–Crippen MR) is 130 cm³/mol. The molecule has 0 atom stereocenters. The number of nitrogens with zero attached hydrogens (tertiary/aromatic N) is 6. The van der Waals surface area contributed by atoms with Crippen LogP contribution in [0.4, 0.5) is 23.1 Å². The Morgan fingerprint density at radius 2 is 1.56 bits per heavy atom. The largest absolute Gasteiger partial charge is 0.508 e. The lowest BCUT2D eigenvalue weighted by molar-refractivity contribution is -0.384. The molecular formula is C24H26N6O4. The van der Waals surface area contributed by atoms with Crippen molar-refractivity contribution in [1.82, 2.24) is 9.97 Å². The molecule has 2 saturated heterocycles. The molecule has 3 aromatic rings. The Hall–Kier alpha value is -3.92. The number of morpholine rings is 1. The monoisotopic (exact) mass is 462 g/mol. The number of anilines is 3. The Morgan fingerprint density at radius 1 is 0.853 bits per heavy atom. The average Bonchev–Trinajstić information content (AvgIpc) is 2.89. The SMILES string of the molecule is O=[N+]([O-])c1ccc(N2CCN(c3cc(-c4cccc(O)c4)nc(N4CCOCC4)n3)CC2)cc1. The van der Waals surface area contributed by atoms with Crippen LogP contribution in [0.2, 0.25) is 0 Å². The van der Waals surface area contributed by atoms with E-state index in [1.54, 1.807) is 36.4 Å². The number of phenolic OH excluding ortho intramolecular Hbond substituents is 1. The molecule has 1 aromatic heterocycles. The fraction of sp³-hybridized carbons (Fsp3) is 0.333. The zero-order chi connectivity index (χ0) is 23.5. The quantitative estimate of drug-likeness (QED) is 0.452. The third-order valence-corrected chi connectivity index (χ3v) is 6.17. The van der Waals surface area contributed by atoms with E-state index in [0.717, 1.165) is 62.0 Å². The molecule has 5 rings (SSSR count). The molecule has 3 heterocycles. The first-order valence-electron chi connectivity index (χ1n) is 11.3. The van der Waals surface area contributed by atoms with Gasteiger partial charge in [-0.2, -0.15) is 4.98 Å². The molecule has 0 unspecified atom stereocenters. The molecule has 0 aliphatic carbocycles. The minimum absolute atomic E-state index is 0.0958. The number of phenols is 1. The van der Waals surface area contributed by atoms with E-state index in [4.69, 9.17) is 14.7 Å². The van der Waals surface area contributed by atoms with Crippen LogP contribution in [-0.2, 0) is 4.74 Å². The molecule has 2 aromatic carbocycles. The van der Waals surface area contributed by atoms with E-state index >= 15 is 0 Å². The molecule has 176 valence electrons. The Bertz CT molecular complexity index is 1160. The van der Waals surface area contributed by atoms with Gasteiger partial charge in [0.1, 0.15) is 11.6 Å². The highest BCUT2D eigenvalue weighted by Crippen LogP contribution is 2.29. The van der Waals surface area contributed by atoms with Crippen molar-refractivity contribution in [3.05, 3.63) is 64.7 Å². The van der Waals surface area contributed by atoms with Crippen LogP contribution in [-0.4, -0.2) is 72.5 Å². The highest BCUT2D eigenvalue weighted by atomic mass is 16.6. The summed E-state index contributed by atoms with van der Waals surface area (Å²) >= 11 is 0. The lowest BCUT2D eigenvalue weighted by Gasteiger charge is -2.37. The summed E-state index contributed by atoms with van der Waals surface area (Å²) in [7, 11) is 0. The Kier molecular flexibility index (Phi) is 6.13. The van der Waals surface area contributed by atoms with Crippen molar-refractivity contribution in [2.45, 2.75) is 0 Å². The van der Waals surface area contributed by atoms with Crippen LogP contribution >= 0.6 is 0 Å². The number of ether oxygens (including phenoxy) is 1. The number of nitro benzene ring substituents is 1. The molecule has 0 amide bonds. The Balaban J connectivity index is 1.38. The summed E-state index contributed by atoms with van der Waals surface area (Å²) in [4.78, 5) is 26.8. The maximum absolute atomic E-state index is 10.9. The van der Waals surface area contributed by atoms with E-state index in [-0.39, 0.29) is 16.4 Å². The molecule has 10 nitrogen and oxygen atoms in total. The molecule has 2 aliphatic heterocycles. The molecule has 2 aliphatic rings. The van der Waals surface area contributed by atoms with Crippen molar-refractivity contribution in [3.8, 4) is 17.0 Å². The summed E-state index contributed by atoms with van der Waals surface area (Å²) in [5.74, 6) is 1.71. The summed E-state index contributed by atoms with van der Waals surface area (Å²) in [6.45, 7) is 5.82. The summed E-state index contributed by atoms with van der Waals surface area (Å²) < 4.78 is 5.49. The third kappa shape index (κ3) is 4.72. The van der Waals surface area contributed by atoms with Gasteiger partial charge in [-0.05, 0) is 24.3 Å². The number of benzene rings is 2. The van der Waals surface area contributed by atoms with E-state index in [9.17, 15) is 15.2 Å². The van der Waals surface area contributed by atoms with E-state index < -0.39 is 0 Å². The van der Waals surface area contributed by atoms with Gasteiger partial charge in [0.05, 0.1) is 23.8 Å². The summed E-state index contributed by atoms with van der Waals surface area (Å²) in [6.07, 6.45) is 0. The van der Waals surface area contributed by atoms with Crippen LogP contribution in [0.5, 0.6) is 5.75 Å². The smallest absolute Gasteiger partial charge is 0.269 e. The normalized spacial score (nSPS) is 16.5. The van der Waals surface area contributed by atoms with Crippen LogP contribution in [0.15, 0.2) is 54.6 Å². The van der Waals surface area contributed by atoms with Crippen LogP contribution < -0.4 is 14.7 Å². The maximum Gasteiger partial charge on any atom is 0.269 e. The van der Waals surface area contributed by atoms with Crippen molar-refractivity contribution in [3.63, 3.8) is 0 Å². The van der Waals surface area contributed by atoms with Crippen molar-refractivity contribution < 1.29 is 14.8 Å². The van der Waals surface area contributed by atoms with Crippen LogP contribution in [0, 0.1) is 10.1 Å². The van der Waals surface area contributed by atoms with Crippen molar-refractivity contribution in [2.75, 3.05) is 67.2 Å². The lowest BCUT2D eigenvalue weighted by atomic mass is 10.1. The molecule has 0 radical (unpaired) electrons. The summed E-state index contributed by atoms with van der Waals surface area (Å²) in [6, 6.07) is 15.8. The van der Waals surface area contributed by atoms with E-state index in [0.29, 0.717) is 19.2 Å². The fourth-order valence-corrected chi connectivity index (χ4v) is 4.28. The van der Waals surface area contributed by atoms with E-state index in [1.165, 1.54) is 0 Å². The number of non-ortho nitro benzene ring substituents is 1. The number of aromatic hydroxyl groups is 1. The first-order chi connectivity index (χ1) is 16.6.